The fourth-order valence-electron chi connectivity index (χ4n) is 2.48. The molecule has 21 heavy (non-hydrogen) atoms. The van der Waals surface area contributed by atoms with Crippen molar-refractivity contribution in [1.29, 1.82) is 0 Å². The molecule has 110 valence electrons. The number of methoxy groups -OCH3 is 1. The Morgan fingerprint density at radius 1 is 1.33 bits per heavy atom. The smallest absolute Gasteiger partial charge is 0.118 e. The van der Waals surface area contributed by atoms with E-state index >= 15 is 0 Å². The van der Waals surface area contributed by atoms with E-state index in [4.69, 9.17) is 4.74 Å². The van der Waals surface area contributed by atoms with Crippen molar-refractivity contribution in [2.45, 2.75) is 19.4 Å². The van der Waals surface area contributed by atoms with Crippen LogP contribution in [0.5, 0.6) is 5.75 Å². The van der Waals surface area contributed by atoms with E-state index in [0.717, 1.165) is 37.5 Å². The average molecular weight is 284 g/mol. The molecule has 1 fully saturated rings. The second-order valence-electron chi connectivity index (χ2n) is 5.27. The number of aromatic nitrogens is 3. The maximum Gasteiger partial charge on any atom is 0.118 e. The lowest BCUT2D eigenvalue weighted by Gasteiger charge is -2.14. The maximum atomic E-state index is 5.16. The van der Waals surface area contributed by atoms with Gasteiger partial charge in [0.05, 0.1) is 19.9 Å². The van der Waals surface area contributed by atoms with Crippen molar-refractivity contribution < 1.29 is 4.74 Å². The van der Waals surface area contributed by atoms with Crippen LogP contribution in [0.15, 0.2) is 36.0 Å². The SMILES string of the molecule is COc1ccc(Cn2cc(C=C3CCCNC3)nn2)cc1. The maximum absolute atomic E-state index is 5.16. The third kappa shape index (κ3) is 3.70. The van der Waals surface area contributed by atoms with Crippen LogP contribution in [0.2, 0.25) is 0 Å². The largest absolute Gasteiger partial charge is 0.497 e. The molecule has 1 aromatic heterocycles. The van der Waals surface area contributed by atoms with Crippen molar-refractivity contribution in [3.05, 3.63) is 47.3 Å². The van der Waals surface area contributed by atoms with E-state index in [-0.39, 0.29) is 0 Å². The highest BCUT2D eigenvalue weighted by atomic mass is 16.5. The normalized spacial score (nSPS) is 17.1. The topological polar surface area (TPSA) is 52.0 Å². The zero-order chi connectivity index (χ0) is 14.5. The number of piperidine rings is 1. The number of hydrogen-bond acceptors (Lipinski definition) is 4. The molecule has 1 saturated heterocycles. The van der Waals surface area contributed by atoms with Gasteiger partial charge in [-0.1, -0.05) is 22.9 Å². The lowest BCUT2D eigenvalue weighted by Crippen LogP contribution is -2.23. The van der Waals surface area contributed by atoms with Crippen LogP contribution in [0.25, 0.3) is 6.08 Å². The molecule has 1 aliphatic rings. The molecule has 0 amide bonds. The van der Waals surface area contributed by atoms with E-state index in [0.29, 0.717) is 0 Å². The number of ether oxygens (including phenoxy) is 1. The molecule has 0 radical (unpaired) electrons. The summed E-state index contributed by atoms with van der Waals surface area (Å²) >= 11 is 0. The second-order valence-corrected chi connectivity index (χ2v) is 5.27. The van der Waals surface area contributed by atoms with Gasteiger partial charge in [-0.15, -0.1) is 5.10 Å². The van der Waals surface area contributed by atoms with Crippen LogP contribution in [0.1, 0.15) is 24.1 Å². The lowest BCUT2D eigenvalue weighted by atomic mass is 10.1. The Morgan fingerprint density at radius 3 is 2.90 bits per heavy atom. The highest BCUT2D eigenvalue weighted by Gasteiger charge is 2.06. The first-order valence-electron chi connectivity index (χ1n) is 7.27. The van der Waals surface area contributed by atoms with Gasteiger partial charge in [-0.3, -0.25) is 0 Å². The second kappa shape index (κ2) is 6.54. The summed E-state index contributed by atoms with van der Waals surface area (Å²) in [5.74, 6) is 0.868. The first kappa shape index (κ1) is 13.8. The Bertz CT molecular complexity index is 607. The minimum Gasteiger partial charge on any atom is -0.497 e. The summed E-state index contributed by atoms with van der Waals surface area (Å²) < 4.78 is 7.03. The molecular formula is C16H20N4O. The zero-order valence-electron chi connectivity index (χ0n) is 12.2. The van der Waals surface area contributed by atoms with Crippen molar-refractivity contribution in [2.24, 2.45) is 0 Å². The summed E-state index contributed by atoms with van der Waals surface area (Å²) in [4.78, 5) is 0. The summed E-state index contributed by atoms with van der Waals surface area (Å²) in [6.07, 6.45) is 6.49. The first-order valence-corrected chi connectivity index (χ1v) is 7.27. The van der Waals surface area contributed by atoms with Crippen molar-refractivity contribution >= 4 is 6.08 Å². The molecule has 0 atom stereocenters. The molecule has 2 aromatic rings. The number of rotatable bonds is 4. The van der Waals surface area contributed by atoms with Crippen LogP contribution < -0.4 is 10.1 Å². The monoisotopic (exact) mass is 284 g/mol. The van der Waals surface area contributed by atoms with Crippen LogP contribution in [-0.4, -0.2) is 35.2 Å². The van der Waals surface area contributed by atoms with E-state index in [1.807, 2.05) is 35.1 Å². The Balaban J connectivity index is 1.66. The third-order valence-electron chi connectivity index (χ3n) is 3.62. The Kier molecular flexibility index (Phi) is 4.31. The van der Waals surface area contributed by atoms with Crippen LogP contribution in [0.3, 0.4) is 0 Å². The molecule has 1 aliphatic heterocycles. The van der Waals surface area contributed by atoms with Gasteiger partial charge in [-0.25, -0.2) is 4.68 Å². The fraction of sp³-hybridized carbons (Fsp3) is 0.375. The van der Waals surface area contributed by atoms with E-state index in [9.17, 15) is 0 Å². The highest BCUT2D eigenvalue weighted by molar-refractivity contribution is 5.48. The summed E-state index contributed by atoms with van der Waals surface area (Å²) in [5.41, 5.74) is 3.51. The van der Waals surface area contributed by atoms with E-state index in [1.54, 1.807) is 7.11 Å². The van der Waals surface area contributed by atoms with Crippen molar-refractivity contribution in [3.8, 4) is 5.75 Å². The molecule has 0 aliphatic carbocycles. The quantitative estimate of drug-likeness (QED) is 0.934. The van der Waals surface area contributed by atoms with Gasteiger partial charge in [0.25, 0.3) is 0 Å². The Morgan fingerprint density at radius 2 is 2.19 bits per heavy atom. The van der Waals surface area contributed by atoms with Crippen molar-refractivity contribution in [2.75, 3.05) is 20.2 Å². The zero-order valence-corrected chi connectivity index (χ0v) is 12.2. The van der Waals surface area contributed by atoms with Crippen LogP contribution in [0.4, 0.5) is 0 Å². The number of benzene rings is 1. The van der Waals surface area contributed by atoms with Crippen LogP contribution in [0, 0.1) is 0 Å². The molecule has 0 saturated carbocycles. The molecule has 0 unspecified atom stereocenters. The van der Waals surface area contributed by atoms with E-state index in [1.165, 1.54) is 17.6 Å². The third-order valence-corrected chi connectivity index (χ3v) is 3.62. The summed E-state index contributed by atoms with van der Waals surface area (Å²) in [5, 5.41) is 11.8. The van der Waals surface area contributed by atoms with Crippen LogP contribution in [-0.2, 0) is 6.54 Å². The summed E-state index contributed by atoms with van der Waals surface area (Å²) in [7, 11) is 1.67. The van der Waals surface area contributed by atoms with Gasteiger partial charge >= 0.3 is 0 Å². The van der Waals surface area contributed by atoms with Crippen molar-refractivity contribution in [3.63, 3.8) is 0 Å². The minimum absolute atomic E-state index is 0.721. The summed E-state index contributed by atoms with van der Waals surface area (Å²) in [6, 6.07) is 8.01. The molecule has 1 aromatic carbocycles. The van der Waals surface area contributed by atoms with Crippen molar-refractivity contribution in [1.82, 2.24) is 20.3 Å². The molecule has 1 N–H and O–H groups in total. The molecular weight excluding hydrogens is 264 g/mol. The molecule has 0 bridgehead atoms. The molecule has 5 heteroatoms. The molecule has 0 spiro atoms. The first-order chi connectivity index (χ1) is 10.3. The lowest BCUT2D eigenvalue weighted by molar-refractivity contribution is 0.414. The van der Waals surface area contributed by atoms with E-state index < -0.39 is 0 Å². The predicted molar refractivity (Wildman–Crippen MR) is 82.2 cm³/mol. The fourth-order valence-corrected chi connectivity index (χ4v) is 2.48. The minimum atomic E-state index is 0.721. The molecule has 3 rings (SSSR count). The average Bonchev–Trinajstić information content (AvgIpc) is 2.96. The van der Waals surface area contributed by atoms with Gasteiger partial charge < -0.3 is 10.1 Å². The van der Waals surface area contributed by atoms with Gasteiger partial charge in [-0.2, -0.15) is 0 Å². The standard InChI is InChI=1S/C16H20N4O/c1-21-16-6-4-13(5-7-16)11-20-12-15(18-19-20)9-14-3-2-8-17-10-14/h4-7,9,12,17H,2-3,8,10-11H2,1H3. The summed E-state index contributed by atoms with van der Waals surface area (Å²) in [6.45, 7) is 2.80. The number of hydrogen-bond donors (Lipinski definition) is 1. The predicted octanol–water partition coefficient (Wildman–Crippen LogP) is 2.10. The number of nitrogens with one attached hydrogen (secondary N) is 1. The van der Waals surface area contributed by atoms with Gasteiger partial charge in [0.15, 0.2) is 0 Å². The van der Waals surface area contributed by atoms with Gasteiger partial charge in [0.1, 0.15) is 11.4 Å². The Labute approximate surface area is 124 Å². The van der Waals surface area contributed by atoms with Gasteiger partial charge in [0.2, 0.25) is 0 Å². The van der Waals surface area contributed by atoms with Gasteiger partial charge in [0, 0.05) is 6.54 Å². The highest BCUT2D eigenvalue weighted by Crippen LogP contribution is 2.14. The Hall–Kier alpha value is -2.14. The van der Waals surface area contributed by atoms with Crippen LogP contribution >= 0.6 is 0 Å². The molecule has 5 nitrogen and oxygen atoms in total. The molecule has 2 heterocycles. The van der Waals surface area contributed by atoms with Gasteiger partial charge in [-0.05, 0) is 43.2 Å². The number of nitrogens with zero attached hydrogens (tertiary/aromatic N) is 3. The van der Waals surface area contributed by atoms with E-state index in [2.05, 4.69) is 21.7 Å².